The van der Waals surface area contributed by atoms with Crippen molar-refractivity contribution in [2.45, 2.75) is 57.9 Å². The molecule has 1 aliphatic rings. The number of hydrogen-bond donors (Lipinski definition) is 1. The Morgan fingerprint density at radius 1 is 1.38 bits per heavy atom. The number of hydrogen-bond acceptors (Lipinski definition) is 2. The van der Waals surface area contributed by atoms with Crippen molar-refractivity contribution in [1.82, 2.24) is 5.32 Å². The smallest absolute Gasteiger partial charge is 0.149 e. The number of carbonyl (C=O) groups excluding carboxylic acids is 1. The predicted octanol–water partition coefficient (Wildman–Crippen LogP) is 2.28. The van der Waals surface area contributed by atoms with Crippen molar-refractivity contribution in [3.8, 4) is 0 Å². The average Bonchev–Trinajstić information content (AvgIpc) is 2.19. The third kappa shape index (κ3) is 3.90. The summed E-state index contributed by atoms with van der Waals surface area (Å²) < 4.78 is 0. The van der Waals surface area contributed by atoms with Gasteiger partial charge in [0.25, 0.3) is 0 Å². The molecule has 1 rings (SSSR count). The Balaban J connectivity index is 2.13. The van der Waals surface area contributed by atoms with Gasteiger partial charge in [0.1, 0.15) is 5.78 Å². The van der Waals surface area contributed by atoms with Gasteiger partial charge in [-0.25, -0.2) is 0 Å². The van der Waals surface area contributed by atoms with Crippen LogP contribution in [-0.2, 0) is 4.79 Å². The highest BCUT2D eigenvalue weighted by Crippen LogP contribution is 2.11. The zero-order chi connectivity index (χ0) is 9.52. The molecule has 0 aromatic rings. The summed E-state index contributed by atoms with van der Waals surface area (Å²) in [4.78, 5) is 11.6. The van der Waals surface area contributed by atoms with Gasteiger partial charge in [-0.1, -0.05) is 26.2 Å². The van der Waals surface area contributed by atoms with Gasteiger partial charge in [0.15, 0.2) is 0 Å². The highest BCUT2D eigenvalue weighted by atomic mass is 16.1. The molecule has 0 unspecified atom stereocenters. The largest absolute Gasteiger partial charge is 0.307 e. The van der Waals surface area contributed by atoms with Crippen LogP contribution < -0.4 is 5.32 Å². The Hall–Kier alpha value is -0.370. The number of rotatable bonds is 5. The van der Waals surface area contributed by atoms with E-state index in [4.69, 9.17) is 0 Å². The van der Waals surface area contributed by atoms with Gasteiger partial charge in [-0.05, 0) is 25.8 Å². The molecule has 1 atom stereocenters. The summed E-state index contributed by atoms with van der Waals surface area (Å²) in [6.45, 7) is 3.20. The van der Waals surface area contributed by atoms with Crippen molar-refractivity contribution in [3.05, 3.63) is 0 Å². The van der Waals surface area contributed by atoms with Gasteiger partial charge >= 0.3 is 0 Å². The lowest BCUT2D eigenvalue weighted by atomic mass is 9.98. The van der Waals surface area contributed by atoms with Crippen LogP contribution in [0.1, 0.15) is 51.9 Å². The predicted molar refractivity (Wildman–Crippen MR) is 54.8 cm³/mol. The Morgan fingerprint density at radius 2 is 2.23 bits per heavy atom. The standard InChI is InChI=1S/C11H21NO/c1-2-3-4-8-11(13)10-7-5-6-9-12-10/h10,12H,2-9H2,1H3/t10-/m0/s1. The van der Waals surface area contributed by atoms with Crippen LogP contribution in [-0.4, -0.2) is 18.4 Å². The lowest BCUT2D eigenvalue weighted by molar-refractivity contribution is -0.121. The van der Waals surface area contributed by atoms with Gasteiger partial charge in [-0.2, -0.15) is 0 Å². The number of nitrogens with one attached hydrogen (secondary N) is 1. The fourth-order valence-electron chi connectivity index (χ4n) is 1.85. The highest BCUT2D eigenvalue weighted by molar-refractivity contribution is 5.84. The van der Waals surface area contributed by atoms with E-state index in [1.54, 1.807) is 0 Å². The maximum absolute atomic E-state index is 11.6. The van der Waals surface area contributed by atoms with Crippen molar-refractivity contribution in [3.63, 3.8) is 0 Å². The molecule has 1 fully saturated rings. The minimum Gasteiger partial charge on any atom is -0.307 e. The number of carbonyl (C=O) groups is 1. The molecule has 0 aromatic carbocycles. The summed E-state index contributed by atoms with van der Waals surface area (Å²) in [5.74, 6) is 0.438. The lowest BCUT2D eigenvalue weighted by Crippen LogP contribution is -2.40. The summed E-state index contributed by atoms with van der Waals surface area (Å²) >= 11 is 0. The van der Waals surface area contributed by atoms with Crippen molar-refractivity contribution >= 4 is 5.78 Å². The summed E-state index contributed by atoms with van der Waals surface area (Å²) in [6, 6.07) is 0.186. The molecule has 1 aliphatic heterocycles. The van der Waals surface area contributed by atoms with Gasteiger partial charge in [-0.3, -0.25) is 4.79 Å². The summed E-state index contributed by atoms with van der Waals surface area (Å²) in [7, 11) is 0. The minimum absolute atomic E-state index is 0.186. The molecular formula is C11H21NO. The van der Waals surface area contributed by atoms with E-state index in [0.717, 1.165) is 25.8 Å². The quantitative estimate of drug-likeness (QED) is 0.662. The topological polar surface area (TPSA) is 29.1 Å². The van der Waals surface area contributed by atoms with Crippen molar-refractivity contribution < 1.29 is 4.79 Å². The monoisotopic (exact) mass is 183 g/mol. The van der Waals surface area contributed by atoms with Crippen LogP contribution in [0.3, 0.4) is 0 Å². The van der Waals surface area contributed by atoms with Gasteiger partial charge in [0, 0.05) is 6.42 Å². The molecule has 0 spiro atoms. The zero-order valence-electron chi connectivity index (χ0n) is 8.64. The van der Waals surface area contributed by atoms with Gasteiger partial charge in [0.2, 0.25) is 0 Å². The van der Waals surface area contributed by atoms with Gasteiger partial charge in [0.05, 0.1) is 6.04 Å². The van der Waals surface area contributed by atoms with Gasteiger partial charge < -0.3 is 5.32 Å². The minimum atomic E-state index is 0.186. The normalized spacial score (nSPS) is 23.0. The third-order valence-corrected chi connectivity index (χ3v) is 2.73. The zero-order valence-corrected chi connectivity index (χ0v) is 8.64. The van der Waals surface area contributed by atoms with E-state index in [9.17, 15) is 4.79 Å². The number of ketones is 1. The lowest BCUT2D eigenvalue weighted by Gasteiger charge is -2.22. The van der Waals surface area contributed by atoms with E-state index in [2.05, 4.69) is 12.2 Å². The highest BCUT2D eigenvalue weighted by Gasteiger charge is 2.19. The molecule has 1 heterocycles. The van der Waals surface area contributed by atoms with Crippen molar-refractivity contribution in [1.29, 1.82) is 0 Å². The molecule has 0 bridgehead atoms. The van der Waals surface area contributed by atoms with E-state index in [0.29, 0.717) is 5.78 Å². The van der Waals surface area contributed by atoms with Crippen LogP contribution in [0.2, 0.25) is 0 Å². The van der Waals surface area contributed by atoms with Crippen LogP contribution in [0.5, 0.6) is 0 Å². The molecule has 76 valence electrons. The van der Waals surface area contributed by atoms with Crippen LogP contribution in [0.4, 0.5) is 0 Å². The molecule has 0 aromatic heterocycles. The summed E-state index contributed by atoms with van der Waals surface area (Å²) in [5, 5.41) is 3.30. The van der Waals surface area contributed by atoms with E-state index >= 15 is 0 Å². The second kappa shape index (κ2) is 6.14. The summed E-state index contributed by atoms with van der Waals surface area (Å²) in [5.41, 5.74) is 0. The SMILES string of the molecule is CCCCCC(=O)[C@@H]1CCCCN1. The molecule has 0 amide bonds. The van der Waals surface area contributed by atoms with E-state index < -0.39 is 0 Å². The first-order valence-corrected chi connectivity index (χ1v) is 5.60. The summed E-state index contributed by atoms with van der Waals surface area (Å²) in [6.07, 6.45) is 7.77. The van der Waals surface area contributed by atoms with Crippen LogP contribution in [0, 0.1) is 0 Å². The Morgan fingerprint density at radius 3 is 2.85 bits per heavy atom. The fourth-order valence-corrected chi connectivity index (χ4v) is 1.85. The second-order valence-electron chi connectivity index (χ2n) is 3.93. The average molecular weight is 183 g/mol. The van der Waals surface area contributed by atoms with Crippen LogP contribution in [0.25, 0.3) is 0 Å². The first-order chi connectivity index (χ1) is 6.34. The number of piperidine rings is 1. The Bertz CT molecular complexity index is 150. The molecule has 2 nitrogen and oxygen atoms in total. The maximum Gasteiger partial charge on any atom is 0.149 e. The molecule has 1 N–H and O–H groups in total. The van der Waals surface area contributed by atoms with Crippen LogP contribution >= 0.6 is 0 Å². The second-order valence-corrected chi connectivity index (χ2v) is 3.93. The molecule has 0 saturated carbocycles. The van der Waals surface area contributed by atoms with E-state index in [1.165, 1.54) is 25.7 Å². The van der Waals surface area contributed by atoms with E-state index in [1.807, 2.05) is 0 Å². The maximum atomic E-state index is 11.6. The molecule has 0 radical (unpaired) electrons. The van der Waals surface area contributed by atoms with Gasteiger partial charge in [-0.15, -0.1) is 0 Å². The number of unbranched alkanes of at least 4 members (excludes halogenated alkanes) is 2. The molecule has 2 heteroatoms. The first kappa shape index (κ1) is 10.7. The van der Waals surface area contributed by atoms with Crippen molar-refractivity contribution in [2.75, 3.05) is 6.54 Å². The Kier molecular flexibility index (Phi) is 5.06. The Labute approximate surface area is 81.1 Å². The molecule has 0 aliphatic carbocycles. The molecular weight excluding hydrogens is 162 g/mol. The third-order valence-electron chi connectivity index (χ3n) is 2.73. The van der Waals surface area contributed by atoms with E-state index in [-0.39, 0.29) is 6.04 Å². The molecule has 13 heavy (non-hydrogen) atoms. The van der Waals surface area contributed by atoms with Crippen molar-refractivity contribution in [2.24, 2.45) is 0 Å². The molecule has 1 saturated heterocycles. The first-order valence-electron chi connectivity index (χ1n) is 5.60. The fraction of sp³-hybridized carbons (Fsp3) is 0.909. The number of Topliss-reactive ketones (excluding diaryl/α,β-unsaturated/α-hetero) is 1. The van der Waals surface area contributed by atoms with Crippen LogP contribution in [0.15, 0.2) is 0 Å².